The number of carbonyl (C=O) groups excluding carboxylic acids is 2. The molecule has 1 amide bonds. The molecule has 0 unspecified atom stereocenters. The Bertz CT molecular complexity index is 654. The van der Waals surface area contributed by atoms with Crippen molar-refractivity contribution in [1.29, 1.82) is 0 Å². The number of benzene rings is 1. The summed E-state index contributed by atoms with van der Waals surface area (Å²) in [4.78, 5) is 27.4. The first kappa shape index (κ1) is 15.0. The molecule has 2 rings (SSSR count). The first-order chi connectivity index (χ1) is 10.1. The van der Waals surface area contributed by atoms with E-state index in [1.54, 1.807) is 29.6 Å². The second-order valence-corrected chi connectivity index (χ2v) is 4.94. The van der Waals surface area contributed by atoms with Crippen molar-refractivity contribution in [2.45, 2.75) is 6.42 Å². The van der Waals surface area contributed by atoms with Crippen molar-refractivity contribution in [3.05, 3.63) is 40.9 Å². The minimum Gasteiger partial charge on any atom is -0.497 e. The van der Waals surface area contributed by atoms with Crippen LogP contribution in [0.3, 0.4) is 0 Å². The highest BCUT2D eigenvalue weighted by atomic mass is 32.1. The predicted molar refractivity (Wildman–Crippen MR) is 78.8 cm³/mol. The van der Waals surface area contributed by atoms with Gasteiger partial charge in [-0.2, -0.15) is 0 Å². The van der Waals surface area contributed by atoms with Crippen molar-refractivity contribution < 1.29 is 19.1 Å². The number of ether oxygens (including phenoxy) is 2. The molecule has 21 heavy (non-hydrogen) atoms. The van der Waals surface area contributed by atoms with E-state index in [1.807, 2.05) is 0 Å². The van der Waals surface area contributed by atoms with E-state index >= 15 is 0 Å². The van der Waals surface area contributed by atoms with E-state index in [4.69, 9.17) is 4.74 Å². The number of nitrogens with one attached hydrogen (secondary N) is 1. The molecule has 1 aromatic carbocycles. The van der Waals surface area contributed by atoms with E-state index in [2.05, 4.69) is 15.0 Å². The van der Waals surface area contributed by atoms with Gasteiger partial charge in [-0.05, 0) is 18.2 Å². The molecule has 0 bridgehead atoms. The zero-order valence-electron chi connectivity index (χ0n) is 11.6. The van der Waals surface area contributed by atoms with Gasteiger partial charge < -0.3 is 9.47 Å². The maximum atomic E-state index is 12.1. The summed E-state index contributed by atoms with van der Waals surface area (Å²) in [7, 11) is 2.86. The molecule has 0 aliphatic heterocycles. The van der Waals surface area contributed by atoms with Gasteiger partial charge in [0.05, 0.1) is 26.3 Å². The van der Waals surface area contributed by atoms with Crippen LogP contribution in [0, 0.1) is 0 Å². The summed E-state index contributed by atoms with van der Waals surface area (Å²) >= 11 is 1.25. The van der Waals surface area contributed by atoms with Crippen molar-refractivity contribution >= 4 is 28.3 Å². The highest BCUT2D eigenvalue weighted by molar-refractivity contribution is 7.14. The Morgan fingerprint density at radius 1 is 1.33 bits per heavy atom. The zero-order valence-corrected chi connectivity index (χ0v) is 12.4. The number of thiazole rings is 1. The Hall–Kier alpha value is -2.41. The van der Waals surface area contributed by atoms with E-state index in [0.717, 1.165) is 0 Å². The molecule has 0 aliphatic carbocycles. The molecule has 6 nitrogen and oxygen atoms in total. The van der Waals surface area contributed by atoms with Crippen molar-refractivity contribution in [1.82, 2.24) is 4.98 Å². The maximum Gasteiger partial charge on any atom is 0.311 e. The average molecular weight is 306 g/mol. The molecule has 0 atom stereocenters. The molecule has 0 spiro atoms. The van der Waals surface area contributed by atoms with Crippen LogP contribution in [-0.2, 0) is 16.0 Å². The van der Waals surface area contributed by atoms with E-state index in [0.29, 0.717) is 22.1 Å². The highest BCUT2D eigenvalue weighted by Crippen LogP contribution is 2.18. The van der Waals surface area contributed by atoms with E-state index in [-0.39, 0.29) is 18.3 Å². The number of methoxy groups -OCH3 is 2. The van der Waals surface area contributed by atoms with Gasteiger partial charge in [-0.25, -0.2) is 4.98 Å². The number of carbonyl (C=O) groups is 2. The lowest BCUT2D eigenvalue weighted by Crippen LogP contribution is -2.12. The highest BCUT2D eigenvalue weighted by Gasteiger charge is 2.11. The Labute approximate surface area is 125 Å². The van der Waals surface area contributed by atoms with E-state index < -0.39 is 0 Å². The Kier molecular flexibility index (Phi) is 4.89. The van der Waals surface area contributed by atoms with Crippen LogP contribution in [0.4, 0.5) is 5.13 Å². The third kappa shape index (κ3) is 4.03. The van der Waals surface area contributed by atoms with Crippen molar-refractivity contribution in [3.8, 4) is 5.75 Å². The zero-order chi connectivity index (χ0) is 15.2. The van der Waals surface area contributed by atoms with Gasteiger partial charge in [-0.3, -0.25) is 14.9 Å². The number of esters is 1. The predicted octanol–water partition coefficient (Wildman–Crippen LogP) is 2.12. The van der Waals surface area contributed by atoms with Gasteiger partial charge in [0.2, 0.25) is 0 Å². The summed E-state index contributed by atoms with van der Waals surface area (Å²) in [6.07, 6.45) is 0.0853. The van der Waals surface area contributed by atoms with Crippen LogP contribution in [0.15, 0.2) is 29.6 Å². The topological polar surface area (TPSA) is 77.5 Å². The molecule has 1 aromatic heterocycles. The van der Waals surface area contributed by atoms with Crippen LogP contribution in [0.1, 0.15) is 16.1 Å². The summed E-state index contributed by atoms with van der Waals surface area (Å²) in [5.74, 6) is -0.0491. The molecule has 7 heteroatoms. The fourth-order valence-corrected chi connectivity index (χ4v) is 2.30. The molecule has 0 saturated carbocycles. The first-order valence-corrected chi connectivity index (χ1v) is 6.97. The number of hydrogen-bond donors (Lipinski definition) is 1. The normalized spacial score (nSPS) is 10.0. The lowest BCUT2D eigenvalue weighted by Gasteiger charge is -2.04. The standard InChI is InChI=1S/C14H14N2O4S/c1-19-11-5-3-4-9(6-11)13(18)16-14-15-10(8-21-14)7-12(17)20-2/h3-6,8H,7H2,1-2H3,(H,15,16,18). The SMILES string of the molecule is COC(=O)Cc1csc(NC(=O)c2cccc(OC)c2)n1. The van der Waals surface area contributed by atoms with Crippen LogP contribution < -0.4 is 10.1 Å². The summed E-state index contributed by atoms with van der Waals surface area (Å²) in [5, 5.41) is 4.82. The van der Waals surface area contributed by atoms with Gasteiger partial charge >= 0.3 is 5.97 Å². The molecule has 1 heterocycles. The van der Waals surface area contributed by atoms with Gasteiger partial charge in [-0.15, -0.1) is 11.3 Å². The van der Waals surface area contributed by atoms with E-state index in [1.165, 1.54) is 25.6 Å². The Morgan fingerprint density at radius 2 is 2.14 bits per heavy atom. The van der Waals surface area contributed by atoms with Gasteiger partial charge in [0.25, 0.3) is 5.91 Å². The summed E-state index contributed by atoms with van der Waals surface area (Å²) < 4.78 is 9.63. The average Bonchev–Trinajstić information content (AvgIpc) is 2.94. The number of anilines is 1. The maximum absolute atomic E-state index is 12.1. The lowest BCUT2D eigenvalue weighted by atomic mass is 10.2. The number of aromatic nitrogens is 1. The summed E-state index contributed by atoms with van der Waals surface area (Å²) in [6, 6.07) is 6.81. The van der Waals surface area contributed by atoms with Crippen LogP contribution in [0.2, 0.25) is 0 Å². The van der Waals surface area contributed by atoms with Crippen LogP contribution in [0.5, 0.6) is 5.75 Å². The van der Waals surface area contributed by atoms with Crippen molar-refractivity contribution in [2.24, 2.45) is 0 Å². The summed E-state index contributed by atoms with van der Waals surface area (Å²) in [5.41, 5.74) is 1.03. The van der Waals surface area contributed by atoms with Crippen molar-refractivity contribution in [2.75, 3.05) is 19.5 Å². The van der Waals surface area contributed by atoms with Gasteiger partial charge in [-0.1, -0.05) is 6.07 Å². The van der Waals surface area contributed by atoms with E-state index in [9.17, 15) is 9.59 Å². The second-order valence-electron chi connectivity index (χ2n) is 4.08. The quantitative estimate of drug-likeness (QED) is 0.856. The molecule has 1 N–H and O–H groups in total. The minimum absolute atomic E-state index is 0.0853. The van der Waals surface area contributed by atoms with Crippen LogP contribution >= 0.6 is 11.3 Å². The monoisotopic (exact) mass is 306 g/mol. The first-order valence-electron chi connectivity index (χ1n) is 6.09. The molecule has 0 aliphatic rings. The number of amides is 1. The molecule has 2 aromatic rings. The van der Waals surface area contributed by atoms with Crippen molar-refractivity contribution in [3.63, 3.8) is 0 Å². The smallest absolute Gasteiger partial charge is 0.311 e. The fourth-order valence-electron chi connectivity index (χ4n) is 1.60. The van der Waals surface area contributed by atoms with Gasteiger partial charge in [0.15, 0.2) is 5.13 Å². The largest absolute Gasteiger partial charge is 0.497 e. The number of nitrogens with zero attached hydrogens (tertiary/aromatic N) is 1. The Balaban J connectivity index is 2.04. The fraction of sp³-hybridized carbons (Fsp3) is 0.214. The number of rotatable bonds is 5. The third-order valence-electron chi connectivity index (χ3n) is 2.66. The Morgan fingerprint density at radius 3 is 2.86 bits per heavy atom. The van der Waals surface area contributed by atoms with Crippen LogP contribution in [-0.4, -0.2) is 31.1 Å². The molecule has 0 saturated heterocycles. The summed E-state index contributed by atoms with van der Waals surface area (Å²) in [6.45, 7) is 0. The van der Waals surface area contributed by atoms with Crippen LogP contribution in [0.25, 0.3) is 0 Å². The number of hydrogen-bond acceptors (Lipinski definition) is 6. The van der Waals surface area contributed by atoms with Gasteiger partial charge in [0.1, 0.15) is 5.75 Å². The molecule has 0 radical (unpaired) electrons. The molecular formula is C14H14N2O4S. The third-order valence-corrected chi connectivity index (χ3v) is 3.46. The minimum atomic E-state index is -0.369. The molecular weight excluding hydrogens is 292 g/mol. The second kappa shape index (κ2) is 6.85. The van der Waals surface area contributed by atoms with Gasteiger partial charge in [0, 0.05) is 10.9 Å². The lowest BCUT2D eigenvalue weighted by molar-refractivity contribution is -0.139. The molecule has 110 valence electrons. The molecule has 0 fully saturated rings.